The van der Waals surface area contributed by atoms with Crippen molar-refractivity contribution in [1.82, 2.24) is 0 Å². The molecule has 1 aliphatic carbocycles. The van der Waals surface area contributed by atoms with Crippen LogP contribution in [0.2, 0.25) is 0 Å². The van der Waals surface area contributed by atoms with Crippen LogP contribution in [-0.2, 0) is 16.3 Å². The number of ether oxygens (including phenoxy) is 1. The van der Waals surface area contributed by atoms with E-state index in [1.54, 1.807) is 6.92 Å². The third-order valence-electron chi connectivity index (χ3n) is 5.45. The Bertz CT molecular complexity index is 676. The van der Waals surface area contributed by atoms with Gasteiger partial charge in [-0.2, -0.15) is 5.26 Å². The van der Waals surface area contributed by atoms with E-state index < -0.39 is 9.84 Å². The third-order valence-corrected chi connectivity index (χ3v) is 7.74. The van der Waals surface area contributed by atoms with E-state index in [9.17, 15) is 8.42 Å². The fourth-order valence-corrected chi connectivity index (χ4v) is 5.16. The molecule has 0 bridgehead atoms. The maximum absolute atomic E-state index is 12.3. The zero-order valence-electron chi connectivity index (χ0n) is 15.3. The maximum atomic E-state index is 12.3. The normalized spacial score (nSPS) is 22.1. The molecule has 0 heterocycles. The molecule has 0 aliphatic heterocycles. The van der Waals surface area contributed by atoms with Gasteiger partial charge in [0.05, 0.1) is 17.9 Å². The number of sulfone groups is 1. The average Bonchev–Trinajstić information content (AvgIpc) is 2.65. The van der Waals surface area contributed by atoms with Crippen LogP contribution >= 0.6 is 0 Å². The van der Waals surface area contributed by atoms with Crippen molar-refractivity contribution >= 4 is 9.84 Å². The second-order valence-corrected chi connectivity index (χ2v) is 9.62. The van der Waals surface area contributed by atoms with Crippen LogP contribution in [0.5, 0.6) is 5.75 Å². The minimum atomic E-state index is -3.01. The Labute approximate surface area is 152 Å². The van der Waals surface area contributed by atoms with Crippen molar-refractivity contribution < 1.29 is 13.2 Å². The number of hydrogen-bond donors (Lipinski definition) is 0. The van der Waals surface area contributed by atoms with Crippen LogP contribution in [0.4, 0.5) is 0 Å². The van der Waals surface area contributed by atoms with Gasteiger partial charge in [-0.15, -0.1) is 0 Å². The highest BCUT2D eigenvalue weighted by atomic mass is 32.2. The third kappa shape index (κ3) is 5.47. The summed E-state index contributed by atoms with van der Waals surface area (Å²) in [5, 5.41) is 8.35. The van der Waals surface area contributed by atoms with E-state index in [4.69, 9.17) is 10.00 Å². The van der Waals surface area contributed by atoms with E-state index >= 15 is 0 Å². The standard InChI is InChI=1S/C20H29NO3S/c1-3-25(22,23)16(2)20-9-5-4-8-18(20)15-24-19-12-10-17(11-13-19)7-6-14-21/h10-13,16,18,20H,3-9,15H2,1-2H3/t16?,18-,20?/m1/s1. The van der Waals surface area contributed by atoms with Gasteiger partial charge in [0.2, 0.25) is 0 Å². The largest absolute Gasteiger partial charge is 0.493 e. The Morgan fingerprint density at radius 3 is 2.56 bits per heavy atom. The Kier molecular flexibility index (Phi) is 7.31. The highest BCUT2D eigenvalue weighted by Gasteiger charge is 2.35. The Morgan fingerprint density at radius 1 is 1.24 bits per heavy atom. The molecule has 4 nitrogen and oxygen atoms in total. The van der Waals surface area contributed by atoms with Gasteiger partial charge in [-0.1, -0.05) is 31.9 Å². The molecule has 0 aromatic heterocycles. The van der Waals surface area contributed by atoms with Crippen molar-refractivity contribution in [2.45, 2.75) is 57.6 Å². The molecule has 1 fully saturated rings. The molecule has 0 N–H and O–H groups in total. The number of benzene rings is 1. The van der Waals surface area contributed by atoms with Gasteiger partial charge in [0.1, 0.15) is 5.75 Å². The number of nitrogens with zero attached hydrogens (tertiary/aromatic N) is 1. The van der Waals surface area contributed by atoms with Crippen LogP contribution in [0.1, 0.15) is 51.5 Å². The molecular formula is C20H29NO3S. The molecule has 0 spiro atoms. The van der Waals surface area contributed by atoms with Crippen LogP contribution in [0.15, 0.2) is 24.3 Å². The van der Waals surface area contributed by atoms with E-state index in [1.165, 1.54) is 0 Å². The molecular weight excluding hydrogens is 334 g/mol. The van der Waals surface area contributed by atoms with Gasteiger partial charge in [0, 0.05) is 12.2 Å². The molecule has 0 radical (unpaired) electrons. The van der Waals surface area contributed by atoms with Crippen LogP contribution < -0.4 is 4.74 Å². The van der Waals surface area contributed by atoms with Gasteiger partial charge in [0.15, 0.2) is 9.84 Å². The van der Waals surface area contributed by atoms with Crippen molar-refractivity contribution in [2.75, 3.05) is 12.4 Å². The van der Waals surface area contributed by atoms with Crippen molar-refractivity contribution in [3.05, 3.63) is 29.8 Å². The number of rotatable bonds is 8. The molecule has 25 heavy (non-hydrogen) atoms. The van der Waals surface area contributed by atoms with Crippen molar-refractivity contribution in [2.24, 2.45) is 11.8 Å². The Morgan fingerprint density at radius 2 is 1.92 bits per heavy atom. The quantitative estimate of drug-likeness (QED) is 0.696. The van der Waals surface area contributed by atoms with Crippen LogP contribution in [0.25, 0.3) is 0 Å². The van der Waals surface area contributed by atoms with Crippen molar-refractivity contribution in [1.29, 1.82) is 5.26 Å². The van der Waals surface area contributed by atoms with Gasteiger partial charge in [-0.05, 0) is 55.7 Å². The van der Waals surface area contributed by atoms with E-state index in [0.717, 1.165) is 43.4 Å². The molecule has 2 rings (SSSR count). The summed E-state index contributed by atoms with van der Waals surface area (Å²) in [5.41, 5.74) is 1.13. The monoisotopic (exact) mass is 363 g/mol. The van der Waals surface area contributed by atoms with Gasteiger partial charge >= 0.3 is 0 Å². The Balaban J connectivity index is 1.96. The lowest BCUT2D eigenvalue weighted by molar-refractivity contribution is 0.147. The second-order valence-electron chi connectivity index (χ2n) is 6.98. The summed E-state index contributed by atoms with van der Waals surface area (Å²) in [6.45, 7) is 4.17. The topological polar surface area (TPSA) is 67.2 Å². The minimum absolute atomic E-state index is 0.189. The first-order valence-corrected chi connectivity index (χ1v) is 11.0. The first-order valence-electron chi connectivity index (χ1n) is 9.28. The van der Waals surface area contributed by atoms with Crippen LogP contribution in [-0.4, -0.2) is 26.0 Å². The van der Waals surface area contributed by atoms with E-state index in [1.807, 2.05) is 31.2 Å². The lowest BCUT2D eigenvalue weighted by Crippen LogP contribution is -2.37. The SMILES string of the molecule is CCS(=O)(=O)C(C)C1CCCC[C@@H]1COc1ccc(CCC#N)cc1. The number of aryl methyl sites for hydroxylation is 1. The van der Waals surface area contributed by atoms with Crippen molar-refractivity contribution in [3.63, 3.8) is 0 Å². The van der Waals surface area contributed by atoms with Gasteiger partial charge in [-0.25, -0.2) is 8.42 Å². The summed E-state index contributed by atoms with van der Waals surface area (Å²) < 4.78 is 30.5. The lowest BCUT2D eigenvalue weighted by atomic mass is 9.78. The molecule has 0 saturated heterocycles. The van der Waals surface area contributed by atoms with Crippen molar-refractivity contribution in [3.8, 4) is 11.8 Å². The first kappa shape index (κ1) is 19.8. The highest BCUT2D eigenvalue weighted by Crippen LogP contribution is 2.35. The summed E-state index contributed by atoms with van der Waals surface area (Å²) in [5.74, 6) is 1.51. The molecule has 1 saturated carbocycles. The molecule has 1 aromatic rings. The zero-order chi connectivity index (χ0) is 18.3. The zero-order valence-corrected chi connectivity index (χ0v) is 16.1. The second kappa shape index (κ2) is 9.24. The molecule has 1 aromatic carbocycles. The van der Waals surface area contributed by atoms with E-state index in [2.05, 4.69) is 6.07 Å². The summed E-state index contributed by atoms with van der Waals surface area (Å²) in [4.78, 5) is 0. The summed E-state index contributed by atoms with van der Waals surface area (Å²) in [6.07, 6.45) is 5.55. The molecule has 0 amide bonds. The molecule has 2 unspecified atom stereocenters. The molecule has 3 atom stereocenters. The van der Waals surface area contributed by atoms with Crippen LogP contribution in [0, 0.1) is 23.2 Å². The minimum Gasteiger partial charge on any atom is -0.493 e. The fourth-order valence-electron chi connectivity index (χ4n) is 3.75. The number of hydrogen-bond acceptors (Lipinski definition) is 4. The predicted molar refractivity (Wildman–Crippen MR) is 100 cm³/mol. The smallest absolute Gasteiger partial charge is 0.152 e. The maximum Gasteiger partial charge on any atom is 0.152 e. The van der Waals surface area contributed by atoms with E-state index in [0.29, 0.717) is 18.9 Å². The van der Waals surface area contributed by atoms with Gasteiger partial charge in [-0.3, -0.25) is 0 Å². The van der Waals surface area contributed by atoms with Gasteiger partial charge < -0.3 is 4.74 Å². The Hall–Kier alpha value is -1.54. The summed E-state index contributed by atoms with van der Waals surface area (Å²) in [6, 6.07) is 10.0. The highest BCUT2D eigenvalue weighted by molar-refractivity contribution is 7.91. The summed E-state index contributed by atoms with van der Waals surface area (Å²) >= 11 is 0. The fraction of sp³-hybridized carbons (Fsp3) is 0.650. The first-order chi connectivity index (χ1) is 12.0. The molecule has 138 valence electrons. The van der Waals surface area contributed by atoms with E-state index in [-0.39, 0.29) is 16.9 Å². The molecule has 5 heteroatoms. The summed E-state index contributed by atoms with van der Waals surface area (Å²) in [7, 11) is -3.01. The molecule has 1 aliphatic rings. The lowest BCUT2D eigenvalue weighted by Gasteiger charge is -2.35. The van der Waals surface area contributed by atoms with Gasteiger partial charge in [0.25, 0.3) is 0 Å². The average molecular weight is 364 g/mol. The van der Waals surface area contributed by atoms with Crippen LogP contribution in [0.3, 0.4) is 0 Å². The predicted octanol–water partition coefficient (Wildman–Crippen LogP) is 4.15. The number of nitriles is 1.